The lowest BCUT2D eigenvalue weighted by Crippen LogP contribution is -2.35. The van der Waals surface area contributed by atoms with E-state index in [9.17, 15) is 13.2 Å². The summed E-state index contributed by atoms with van der Waals surface area (Å²) in [5, 5.41) is 0. The normalized spacial score (nSPS) is 19.6. The van der Waals surface area contributed by atoms with E-state index in [4.69, 9.17) is 15.4 Å². The summed E-state index contributed by atoms with van der Waals surface area (Å²) in [6, 6.07) is 0. The minimum atomic E-state index is -4.03. The van der Waals surface area contributed by atoms with Crippen molar-refractivity contribution in [3.05, 3.63) is 0 Å². The molecule has 1 saturated carbocycles. The lowest BCUT2D eigenvalue weighted by molar-refractivity contribution is -0.156. The van der Waals surface area contributed by atoms with Crippen molar-refractivity contribution in [1.82, 2.24) is 0 Å². The van der Waals surface area contributed by atoms with Gasteiger partial charge in [0.15, 0.2) is 0 Å². The maximum absolute atomic E-state index is 11.7. The summed E-state index contributed by atoms with van der Waals surface area (Å²) < 4.78 is 30.9. The third kappa shape index (κ3) is 3.61. The van der Waals surface area contributed by atoms with Gasteiger partial charge in [-0.1, -0.05) is 12.8 Å². The topological polar surface area (TPSA) is 69.7 Å². The minimum absolute atomic E-state index is 0.225. The van der Waals surface area contributed by atoms with Crippen LogP contribution in [0.2, 0.25) is 0 Å². The fraction of sp³-hybridized carbons (Fsp3) is 0.889. The Hall–Kier alpha value is -0.330. The van der Waals surface area contributed by atoms with E-state index in [0.717, 1.165) is 12.8 Å². The number of hydrogen-bond donors (Lipinski definition) is 0. The van der Waals surface area contributed by atoms with Crippen molar-refractivity contribution < 1.29 is 22.1 Å². The van der Waals surface area contributed by atoms with E-state index in [2.05, 4.69) is 4.18 Å². The van der Waals surface area contributed by atoms with Gasteiger partial charge in [0.2, 0.25) is 0 Å². The maximum atomic E-state index is 11.7. The molecule has 0 saturated heterocycles. The van der Waals surface area contributed by atoms with Crippen LogP contribution in [-0.4, -0.2) is 27.6 Å². The van der Waals surface area contributed by atoms with E-state index in [0.29, 0.717) is 12.8 Å². The molecule has 0 aromatic heterocycles. The van der Waals surface area contributed by atoms with E-state index < -0.39 is 20.7 Å². The molecule has 16 heavy (non-hydrogen) atoms. The van der Waals surface area contributed by atoms with Gasteiger partial charge >= 0.3 is 15.3 Å². The molecule has 0 unspecified atom stereocenters. The van der Waals surface area contributed by atoms with E-state index in [1.807, 2.05) is 0 Å². The number of carbonyl (C=O) groups is 1. The van der Waals surface area contributed by atoms with E-state index in [1.54, 1.807) is 6.92 Å². The molecule has 7 heteroatoms. The zero-order chi connectivity index (χ0) is 12.2. The summed E-state index contributed by atoms with van der Waals surface area (Å²) in [6.45, 7) is 1.76. The average molecular weight is 271 g/mol. The van der Waals surface area contributed by atoms with Gasteiger partial charge in [0.25, 0.3) is 0 Å². The molecule has 0 aromatic carbocycles. The largest absolute Gasteiger partial charge is 0.465 e. The molecule has 1 fully saturated rings. The molecule has 0 aromatic rings. The van der Waals surface area contributed by atoms with Crippen LogP contribution in [0.15, 0.2) is 0 Å². The van der Waals surface area contributed by atoms with E-state index in [-0.39, 0.29) is 13.2 Å². The first-order valence-electron chi connectivity index (χ1n) is 5.16. The lowest BCUT2D eigenvalue weighted by Gasteiger charge is -2.24. The van der Waals surface area contributed by atoms with Crippen LogP contribution in [0, 0.1) is 5.41 Å². The summed E-state index contributed by atoms with van der Waals surface area (Å²) in [4.78, 5) is 11.7. The summed E-state index contributed by atoms with van der Waals surface area (Å²) in [6.07, 6.45) is 2.89. The van der Waals surface area contributed by atoms with Gasteiger partial charge in [0.1, 0.15) is 0 Å². The Balaban J connectivity index is 2.69. The Kier molecular flexibility index (Phi) is 4.58. The Morgan fingerprint density at radius 2 is 1.94 bits per heavy atom. The molecule has 0 amide bonds. The maximum Gasteiger partial charge on any atom is 0.355 e. The molecular formula is C9H15ClO5S. The molecule has 0 radical (unpaired) electrons. The highest BCUT2D eigenvalue weighted by Crippen LogP contribution is 2.40. The van der Waals surface area contributed by atoms with Crippen LogP contribution < -0.4 is 0 Å². The predicted octanol–water partition coefficient (Wildman–Crippen LogP) is 1.61. The first-order chi connectivity index (χ1) is 7.40. The van der Waals surface area contributed by atoms with Crippen molar-refractivity contribution in [3.8, 4) is 0 Å². The van der Waals surface area contributed by atoms with Crippen molar-refractivity contribution in [3.63, 3.8) is 0 Å². The van der Waals surface area contributed by atoms with Gasteiger partial charge in [-0.3, -0.25) is 8.98 Å². The SMILES string of the molecule is CCOC(=O)C1(COS(=O)(=O)Cl)CCCC1. The molecule has 1 aliphatic rings. The first kappa shape index (κ1) is 13.7. The highest BCUT2D eigenvalue weighted by atomic mass is 35.7. The Morgan fingerprint density at radius 1 is 1.38 bits per heavy atom. The quantitative estimate of drug-likeness (QED) is 0.561. The second-order valence-electron chi connectivity index (χ2n) is 3.86. The zero-order valence-electron chi connectivity index (χ0n) is 9.07. The van der Waals surface area contributed by atoms with Gasteiger partial charge in [-0.25, -0.2) is 0 Å². The number of ether oxygens (including phenoxy) is 1. The molecule has 1 aliphatic carbocycles. The Bertz CT molecular complexity index is 345. The van der Waals surface area contributed by atoms with Crippen LogP contribution in [0.25, 0.3) is 0 Å². The van der Waals surface area contributed by atoms with Crippen molar-refractivity contribution in [2.75, 3.05) is 13.2 Å². The van der Waals surface area contributed by atoms with E-state index in [1.165, 1.54) is 0 Å². The molecular weight excluding hydrogens is 256 g/mol. The highest BCUT2D eigenvalue weighted by molar-refractivity contribution is 8.09. The molecule has 0 atom stereocenters. The Morgan fingerprint density at radius 3 is 2.38 bits per heavy atom. The third-order valence-corrected chi connectivity index (χ3v) is 3.41. The molecule has 0 aliphatic heterocycles. The second-order valence-corrected chi connectivity index (χ2v) is 6.02. The van der Waals surface area contributed by atoms with Crippen LogP contribution in [-0.2, 0) is 23.0 Å². The summed E-state index contributed by atoms with van der Waals surface area (Å²) in [7, 11) is 0.919. The predicted molar refractivity (Wildman–Crippen MR) is 58.3 cm³/mol. The molecule has 94 valence electrons. The minimum Gasteiger partial charge on any atom is -0.465 e. The van der Waals surface area contributed by atoms with Crippen molar-refractivity contribution in [2.45, 2.75) is 32.6 Å². The lowest BCUT2D eigenvalue weighted by atomic mass is 9.87. The fourth-order valence-electron chi connectivity index (χ4n) is 1.93. The smallest absolute Gasteiger partial charge is 0.355 e. The van der Waals surface area contributed by atoms with Crippen LogP contribution >= 0.6 is 10.7 Å². The molecule has 1 rings (SSSR count). The summed E-state index contributed by atoms with van der Waals surface area (Å²) in [5.74, 6) is -0.396. The van der Waals surface area contributed by atoms with E-state index >= 15 is 0 Å². The zero-order valence-corrected chi connectivity index (χ0v) is 10.6. The average Bonchev–Trinajstić information content (AvgIpc) is 2.64. The summed E-state index contributed by atoms with van der Waals surface area (Å²) >= 11 is 0. The number of halogens is 1. The second kappa shape index (κ2) is 5.33. The fourth-order valence-corrected chi connectivity index (χ4v) is 2.43. The van der Waals surface area contributed by atoms with Crippen LogP contribution in [0.3, 0.4) is 0 Å². The van der Waals surface area contributed by atoms with Gasteiger partial charge in [0.05, 0.1) is 18.6 Å². The molecule has 0 heterocycles. The first-order valence-corrected chi connectivity index (χ1v) is 7.39. The third-order valence-electron chi connectivity index (χ3n) is 2.75. The van der Waals surface area contributed by atoms with Crippen LogP contribution in [0.5, 0.6) is 0 Å². The van der Waals surface area contributed by atoms with Crippen molar-refractivity contribution in [1.29, 1.82) is 0 Å². The number of rotatable bonds is 5. The molecule has 0 bridgehead atoms. The Labute approximate surface area is 99.7 Å². The number of esters is 1. The number of hydrogen-bond acceptors (Lipinski definition) is 5. The van der Waals surface area contributed by atoms with Crippen molar-refractivity contribution >= 4 is 26.0 Å². The van der Waals surface area contributed by atoms with Gasteiger partial charge < -0.3 is 4.74 Å². The monoisotopic (exact) mass is 270 g/mol. The standard InChI is InChI=1S/C9H15ClO5S/c1-2-14-8(11)9(5-3-4-6-9)7-15-16(10,12)13/h2-7H2,1H3. The van der Waals surface area contributed by atoms with Crippen LogP contribution in [0.4, 0.5) is 0 Å². The molecule has 0 N–H and O–H groups in total. The highest BCUT2D eigenvalue weighted by Gasteiger charge is 2.43. The number of carbonyl (C=O) groups excluding carboxylic acids is 1. The molecule has 5 nitrogen and oxygen atoms in total. The van der Waals surface area contributed by atoms with Crippen molar-refractivity contribution in [2.24, 2.45) is 5.41 Å². The van der Waals surface area contributed by atoms with Crippen LogP contribution in [0.1, 0.15) is 32.6 Å². The summed E-state index contributed by atoms with van der Waals surface area (Å²) in [5.41, 5.74) is -0.835. The molecule has 0 spiro atoms. The van der Waals surface area contributed by atoms with Gasteiger partial charge in [-0.15, -0.1) is 0 Å². The van der Waals surface area contributed by atoms with Gasteiger partial charge in [0, 0.05) is 10.7 Å². The van der Waals surface area contributed by atoms with Gasteiger partial charge in [-0.05, 0) is 19.8 Å². The van der Waals surface area contributed by atoms with Gasteiger partial charge in [-0.2, -0.15) is 8.42 Å².